The first-order chi connectivity index (χ1) is 9.63. The van der Waals surface area contributed by atoms with Crippen LogP contribution in [0.3, 0.4) is 0 Å². The maximum atomic E-state index is 11.6. The van der Waals surface area contributed by atoms with Gasteiger partial charge in [0.15, 0.2) is 0 Å². The minimum absolute atomic E-state index is 0.245. The topological polar surface area (TPSA) is 173 Å². The summed E-state index contributed by atoms with van der Waals surface area (Å²) in [7, 11) is 0. The summed E-state index contributed by atoms with van der Waals surface area (Å²) in [5, 5.41) is 19.0. The van der Waals surface area contributed by atoms with E-state index in [0.29, 0.717) is 0 Å². The van der Waals surface area contributed by atoms with Gasteiger partial charge in [-0.15, -0.1) is 0 Å². The predicted molar refractivity (Wildman–Crippen MR) is 65.8 cm³/mol. The fraction of sp³-hybridized carbons (Fsp3) is 0.545. The molecule has 0 aliphatic heterocycles. The second-order valence-electron chi connectivity index (χ2n) is 4.13. The summed E-state index contributed by atoms with van der Waals surface area (Å²) in [4.78, 5) is 54.7. The maximum Gasteiger partial charge on any atom is 0.336 e. The van der Waals surface area contributed by atoms with Crippen LogP contribution in [-0.2, 0) is 28.7 Å². The Kier molecular flexibility index (Phi) is 7.61. The molecule has 0 aromatic heterocycles. The molecule has 0 aromatic carbocycles. The molecular formula is C11H16N2O8. The second-order valence-corrected chi connectivity index (χ2v) is 4.13. The lowest BCUT2D eigenvalue weighted by Gasteiger charge is -2.15. The van der Waals surface area contributed by atoms with Crippen molar-refractivity contribution < 1.29 is 38.9 Å². The molecule has 0 spiro atoms. The molecule has 0 saturated heterocycles. The summed E-state index contributed by atoms with van der Waals surface area (Å²) in [6, 6.07) is -2.87. The van der Waals surface area contributed by atoms with Gasteiger partial charge in [0.25, 0.3) is 0 Å². The number of carbonyl (C=O) groups is 5. The van der Waals surface area contributed by atoms with Gasteiger partial charge in [-0.3, -0.25) is 14.4 Å². The van der Waals surface area contributed by atoms with Crippen LogP contribution >= 0.6 is 0 Å². The van der Waals surface area contributed by atoms with Crippen molar-refractivity contribution >= 4 is 29.8 Å². The Morgan fingerprint density at radius 1 is 1.10 bits per heavy atom. The molecule has 21 heavy (non-hydrogen) atoms. The number of nitrogens with two attached hydrogens (primary N) is 1. The van der Waals surface area contributed by atoms with Crippen LogP contribution in [0.1, 0.15) is 26.2 Å². The van der Waals surface area contributed by atoms with E-state index in [0.717, 1.165) is 6.92 Å². The molecule has 1 amide bonds. The van der Waals surface area contributed by atoms with Gasteiger partial charge in [0.2, 0.25) is 5.91 Å². The van der Waals surface area contributed by atoms with Crippen molar-refractivity contribution in [2.24, 2.45) is 5.73 Å². The molecule has 0 saturated carbocycles. The molecule has 0 radical (unpaired) electrons. The number of hydrogen-bond donors (Lipinski definition) is 4. The number of esters is 2. The summed E-state index contributed by atoms with van der Waals surface area (Å²) >= 11 is 0. The Hall–Kier alpha value is -2.49. The van der Waals surface area contributed by atoms with E-state index in [1.807, 2.05) is 5.32 Å². The summed E-state index contributed by atoms with van der Waals surface area (Å²) in [6.07, 6.45) is -1.41. The van der Waals surface area contributed by atoms with Gasteiger partial charge < -0.3 is 26.0 Å². The number of carboxylic acid groups (broad SMARTS) is 2. The first-order valence-electron chi connectivity index (χ1n) is 5.85. The second kappa shape index (κ2) is 8.64. The lowest BCUT2D eigenvalue weighted by Crippen LogP contribution is -2.45. The van der Waals surface area contributed by atoms with Gasteiger partial charge in [0.1, 0.15) is 12.1 Å². The summed E-state index contributed by atoms with van der Waals surface area (Å²) in [6.45, 7) is 1.06. The summed E-state index contributed by atoms with van der Waals surface area (Å²) < 4.78 is 4.33. The average molecular weight is 304 g/mol. The lowest BCUT2D eigenvalue weighted by molar-refractivity contribution is -0.164. The van der Waals surface area contributed by atoms with E-state index in [9.17, 15) is 24.0 Å². The van der Waals surface area contributed by atoms with E-state index in [1.54, 1.807) is 0 Å². The molecular weight excluding hydrogens is 288 g/mol. The maximum absolute atomic E-state index is 11.6. The van der Waals surface area contributed by atoms with Crippen LogP contribution in [0.15, 0.2) is 0 Å². The number of ether oxygens (including phenoxy) is 1. The van der Waals surface area contributed by atoms with Crippen LogP contribution in [0.25, 0.3) is 0 Å². The highest BCUT2D eigenvalue weighted by atomic mass is 16.6. The SMILES string of the molecule is CC(=O)NC(CC(=O)O)C(=O)OC(=O)C(N)CCC(=O)O. The van der Waals surface area contributed by atoms with Crippen LogP contribution in [0, 0.1) is 0 Å². The molecule has 5 N–H and O–H groups in total. The molecule has 0 aliphatic rings. The van der Waals surface area contributed by atoms with Crippen molar-refractivity contribution in [1.82, 2.24) is 5.32 Å². The minimum atomic E-state index is -1.53. The standard InChI is InChI=1S/C11H16N2O8/c1-5(14)13-7(4-9(17)18)11(20)21-10(19)6(12)2-3-8(15)16/h6-7H,2-4,12H2,1H3,(H,13,14)(H,15,16)(H,17,18). The van der Waals surface area contributed by atoms with Crippen molar-refractivity contribution in [2.75, 3.05) is 0 Å². The molecule has 0 heterocycles. The summed E-state index contributed by atoms with van der Waals surface area (Å²) in [5.74, 6) is -5.70. The fourth-order valence-electron chi connectivity index (χ4n) is 1.26. The van der Waals surface area contributed by atoms with Gasteiger partial charge in [-0.25, -0.2) is 9.59 Å². The van der Waals surface area contributed by atoms with Crippen LogP contribution in [0.4, 0.5) is 0 Å². The van der Waals surface area contributed by atoms with Gasteiger partial charge in [-0.2, -0.15) is 0 Å². The number of carboxylic acids is 2. The highest BCUT2D eigenvalue weighted by Gasteiger charge is 2.28. The molecule has 0 aromatic rings. The largest absolute Gasteiger partial charge is 0.481 e. The zero-order chi connectivity index (χ0) is 16.6. The number of hydrogen-bond acceptors (Lipinski definition) is 7. The average Bonchev–Trinajstić information content (AvgIpc) is 2.33. The highest BCUT2D eigenvalue weighted by Crippen LogP contribution is 2.02. The van der Waals surface area contributed by atoms with Gasteiger partial charge >= 0.3 is 23.9 Å². The number of amides is 1. The Labute approximate surface area is 119 Å². The first-order valence-corrected chi connectivity index (χ1v) is 5.85. The Morgan fingerprint density at radius 3 is 2.10 bits per heavy atom. The lowest BCUT2D eigenvalue weighted by atomic mass is 10.1. The zero-order valence-corrected chi connectivity index (χ0v) is 11.2. The smallest absolute Gasteiger partial charge is 0.336 e. The quantitative estimate of drug-likeness (QED) is 0.299. The van der Waals surface area contributed by atoms with Crippen molar-refractivity contribution in [1.29, 1.82) is 0 Å². The number of nitrogens with one attached hydrogen (secondary N) is 1. The van der Waals surface area contributed by atoms with Gasteiger partial charge in [-0.05, 0) is 6.42 Å². The zero-order valence-electron chi connectivity index (χ0n) is 11.2. The van der Waals surface area contributed by atoms with Gasteiger partial charge in [0.05, 0.1) is 6.42 Å². The van der Waals surface area contributed by atoms with Crippen LogP contribution < -0.4 is 11.1 Å². The molecule has 2 unspecified atom stereocenters. The van der Waals surface area contributed by atoms with Crippen LogP contribution in [0.5, 0.6) is 0 Å². The van der Waals surface area contributed by atoms with E-state index in [-0.39, 0.29) is 6.42 Å². The molecule has 0 fully saturated rings. The molecule has 2 atom stereocenters. The summed E-state index contributed by atoms with van der Waals surface area (Å²) in [5.41, 5.74) is 5.32. The fourth-order valence-corrected chi connectivity index (χ4v) is 1.26. The monoisotopic (exact) mass is 304 g/mol. The molecule has 10 heteroatoms. The van der Waals surface area contributed by atoms with E-state index >= 15 is 0 Å². The third kappa shape index (κ3) is 8.31. The number of carbonyl (C=O) groups excluding carboxylic acids is 3. The molecule has 0 aliphatic carbocycles. The van der Waals surface area contributed by atoms with E-state index < -0.39 is 54.7 Å². The van der Waals surface area contributed by atoms with Crippen LogP contribution in [-0.4, -0.2) is 52.1 Å². The Morgan fingerprint density at radius 2 is 1.67 bits per heavy atom. The van der Waals surface area contributed by atoms with Crippen molar-refractivity contribution in [3.63, 3.8) is 0 Å². The Balaban J connectivity index is 4.58. The van der Waals surface area contributed by atoms with E-state index in [1.165, 1.54) is 0 Å². The minimum Gasteiger partial charge on any atom is -0.481 e. The Bertz CT molecular complexity index is 432. The number of rotatable bonds is 8. The predicted octanol–water partition coefficient (Wildman–Crippen LogP) is -1.77. The molecule has 10 nitrogen and oxygen atoms in total. The normalized spacial score (nSPS) is 12.9. The number of aliphatic carboxylic acids is 2. The third-order valence-electron chi connectivity index (χ3n) is 2.21. The molecule has 118 valence electrons. The van der Waals surface area contributed by atoms with Gasteiger partial charge in [-0.1, -0.05) is 0 Å². The van der Waals surface area contributed by atoms with E-state index in [4.69, 9.17) is 15.9 Å². The molecule has 0 rings (SSSR count). The van der Waals surface area contributed by atoms with Crippen LogP contribution in [0.2, 0.25) is 0 Å². The molecule has 0 bridgehead atoms. The highest BCUT2D eigenvalue weighted by molar-refractivity contribution is 5.94. The third-order valence-corrected chi connectivity index (χ3v) is 2.21. The van der Waals surface area contributed by atoms with Gasteiger partial charge in [0, 0.05) is 13.3 Å². The van der Waals surface area contributed by atoms with Crippen molar-refractivity contribution in [2.45, 2.75) is 38.3 Å². The first kappa shape index (κ1) is 18.5. The van der Waals surface area contributed by atoms with Crippen molar-refractivity contribution in [3.8, 4) is 0 Å². The van der Waals surface area contributed by atoms with E-state index in [2.05, 4.69) is 4.74 Å². The van der Waals surface area contributed by atoms with Crippen molar-refractivity contribution in [3.05, 3.63) is 0 Å².